The second kappa shape index (κ2) is 7.14. The van der Waals surface area contributed by atoms with Crippen LogP contribution in [0.4, 0.5) is 5.69 Å². The van der Waals surface area contributed by atoms with Crippen LogP contribution in [0.5, 0.6) is 0 Å². The molecule has 1 saturated heterocycles. The molecule has 3 N–H and O–H groups in total. The van der Waals surface area contributed by atoms with Crippen LogP contribution in [0.3, 0.4) is 0 Å². The number of nitrogen functional groups attached to an aromatic ring is 1. The first-order valence-electron chi connectivity index (χ1n) is 8.33. The molecule has 4 nitrogen and oxygen atoms in total. The van der Waals surface area contributed by atoms with E-state index in [0.29, 0.717) is 23.3 Å². The summed E-state index contributed by atoms with van der Waals surface area (Å²) in [5.74, 6) is -0.0621. The van der Waals surface area contributed by atoms with Gasteiger partial charge in [-0.25, -0.2) is 0 Å². The van der Waals surface area contributed by atoms with Crippen molar-refractivity contribution in [3.8, 4) is 0 Å². The summed E-state index contributed by atoms with van der Waals surface area (Å²) >= 11 is 0. The summed E-state index contributed by atoms with van der Waals surface area (Å²) in [7, 11) is 0. The summed E-state index contributed by atoms with van der Waals surface area (Å²) in [6.07, 6.45) is 3.81. The quantitative estimate of drug-likeness (QED) is 0.840. The fourth-order valence-electron chi connectivity index (χ4n) is 3.21. The first kappa shape index (κ1) is 16.8. The number of nitrogens with two attached hydrogens (primary N) is 1. The molecule has 1 aliphatic heterocycles. The van der Waals surface area contributed by atoms with Crippen molar-refractivity contribution >= 4 is 11.6 Å². The van der Waals surface area contributed by atoms with Crippen LogP contribution in [0.15, 0.2) is 18.2 Å². The summed E-state index contributed by atoms with van der Waals surface area (Å²) < 4.78 is 0. The molecule has 0 saturated carbocycles. The van der Waals surface area contributed by atoms with Crippen LogP contribution in [0.25, 0.3) is 0 Å². The Bertz CT molecular complexity index is 517. The lowest BCUT2D eigenvalue weighted by Gasteiger charge is -2.39. The lowest BCUT2D eigenvalue weighted by atomic mass is 9.96. The molecule has 0 aromatic heterocycles. The van der Waals surface area contributed by atoms with Gasteiger partial charge in [0.25, 0.3) is 5.91 Å². The highest BCUT2D eigenvalue weighted by Crippen LogP contribution is 2.26. The fraction of sp³-hybridized carbons (Fsp3) is 0.611. The summed E-state index contributed by atoms with van der Waals surface area (Å²) in [4.78, 5) is 14.6. The molecule has 2 unspecified atom stereocenters. The molecule has 4 heteroatoms. The normalized spacial score (nSPS) is 22.8. The van der Waals surface area contributed by atoms with Gasteiger partial charge in [-0.05, 0) is 58.2 Å². The number of likely N-dealkylation sites (tertiary alicyclic amines) is 1. The SMILES string of the molecule is CC(C)NC(=O)c1ccc(CN2C(C)CCCC2C)c(N)c1. The van der Waals surface area contributed by atoms with E-state index < -0.39 is 0 Å². The molecule has 1 aromatic rings. The van der Waals surface area contributed by atoms with Crippen molar-refractivity contribution in [2.45, 2.75) is 71.6 Å². The van der Waals surface area contributed by atoms with Gasteiger partial charge >= 0.3 is 0 Å². The number of nitrogens with zero attached hydrogens (tertiary/aromatic N) is 1. The Balaban J connectivity index is 2.11. The van der Waals surface area contributed by atoms with E-state index in [1.54, 1.807) is 6.07 Å². The molecule has 1 amide bonds. The van der Waals surface area contributed by atoms with Crippen molar-refractivity contribution in [3.63, 3.8) is 0 Å². The number of benzene rings is 1. The highest BCUT2D eigenvalue weighted by Gasteiger charge is 2.25. The van der Waals surface area contributed by atoms with Gasteiger partial charge in [0.15, 0.2) is 0 Å². The summed E-state index contributed by atoms with van der Waals surface area (Å²) in [5.41, 5.74) is 8.65. The van der Waals surface area contributed by atoms with Crippen molar-refractivity contribution in [1.29, 1.82) is 0 Å². The molecule has 2 atom stereocenters. The van der Waals surface area contributed by atoms with Gasteiger partial charge in [-0.15, -0.1) is 0 Å². The minimum absolute atomic E-state index is 0.0621. The molecule has 1 aromatic carbocycles. The molecule has 1 heterocycles. The average molecular weight is 303 g/mol. The van der Waals surface area contributed by atoms with Crippen LogP contribution in [-0.2, 0) is 6.54 Å². The topological polar surface area (TPSA) is 58.4 Å². The van der Waals surface area contributed by atoms with Crippen LogP contribution >= 0.6 is 0 Å². The van der Waals surface area contributed by atoms with Crippen LogP contribution < -0.4 is 11.1 Å². The zero-order valence-electron chi connectivity index (χ0n) is 14.2. The van der Waals surface area contributed by atoms with E-state index in [1.807, 2.05) is 26.0 Å². The van der Waals surface area contributed by atoms with E-state index in [2.05, 4.69) is 24.1 Å². The van der Waals surface area contributed by atoms with Crippen LogP contribution in [0.2, 0.25) is 0 Å². The largest absolute Gasteiger partial charge is 0.398 e. The third-order valence-corrected chi connectivity index (χ3v) is 4.56. The van der Waals surface area contributed by atoms with E-state index in [1.165, 1.54) is 19.3 Å². The average Bonchev–Trinajstić information content (AvgIpc) is 2.43. The van der Waals surface area contributed by atoms with Crippen molar-refractivity contribution in [2.75, 3.05) is 5.73 Å². The maximum atomic E-state index is 12.0. The standard InChI is InChI=1S/C18H29N3O/c1-12(2)20-18(22)15-8-9-16(17(19)10-15)11-21-13(3)6-5-7-14(21)4/h8-10,12-14H,5-7,11,19H2,1-4H3,(H,20,22). The molecule has 0 spiro atoms. The van der Waals surface area contributed by atoms with Gasteiger partial charge in [0.05, 0.1) is 0 Å². The molecule has 2 rings (SSSR count). The van der Waals surface area contributed by atoms with E-state index in [9.17, 15) is 4.79 Å². The van der Waals surface area contributed by atoms with Crippen molar-refractivity contribution in [3.05, 3.63) is 29.3 Å². The van der Waals surface area contributed by atoms with E-state index in [4.69, 9.17) is 5.73 Å². The van der Waals surface area contributed by atoms with Gasteiger partial charge in [-0.2, -0.15) is 0 Å². The number of piperidine rings is 1. The van der Waals surface area contributed by atoms with Gasteiger partial charge in [-0.3, -0.25) is 9.69 Å². The molecule has 1 aliphatic rings. The van der Waals surface area contributed by atoms with Gasteiger partial charge < -0.3 is 11.1 Å². The molecule has 0 aliphatic carbocycles. The Hall–Kier alpha value is -1.55. The van der Waals surface area contributed by atoms with Gasteiger partial charge in [0.1, 0.15) is 0 Å². The van der Waals surface area contributed by atoms with E-state index in [-0.39, 0.29) is 11.9 Å². The fourth-order valence-corrected chi connectivity index (χ4v) is 3.21. The number of carbonyl (C=O) groups excluding carboxylic acids is 1. The van der Waals surface area contributed by atoms with Crippen molar-refractivity contribution < 1.29 is 4.79 Å². The second-order valence-corrected chi connectivity index (χ2v) is 6.84. The highest BCUT2D eigenvalue weighted by molar-refractivity contribution is 5.95. The molecule has 22 heavy (non-hydrogen) atoms. The monoisotopic (exact) mass is 303 g/mol. The summed E-state index contributed by atoms with van der Waals surface area (Å²) in [6.45, 7) is 9.34. The number of carbonyl (C=O) groups is 1. The number of nitrogens with one attached hydrogen (secondary N) is 1. The maximum absolute atomic E-state index is 12.0. The van der Waals surface area contributed by atoms with Gasteiger partial charge in [-0.1, -0.05) is 12.5 Å². The number of rotatable bonds is 4. The Morgan fingerprint density at radius 3 is 2.50 bits per heavy atom. The zero-order valence-corrected chi connectivity index (χ0v) is 14.2. The second-order valence-electron chi connectivity index (χ2n) is 6.84. The first-order valence-corrected chi connectivity index (χ1v) is 8.33. The molecule has 0 radical (unpaired) electrons. The van der Waals surface area contributed by atoms with Crippen LogP contribution in [-0.4, -0.2) is 28.9 Å². The Morgan fingerprint density at radius 1 is 1.32 bits per heavy atom. The Kier molecular flexibility index (Phi) is 5.46. The Labute approximate surface area is 134 Å². The summed E-state index contributed by atoms with van der Waals surface area (Å²) in [5, 5.41) is 2.90. The van der Waals surface area contributed by atoms with Crippen LogP contribution in [0, 0.1) is 0 Å². The summed E-state index contributed by atoms with van der Waals surface area (Å²) in [6, 6.07) is 6.98. The molecule has 122 valence electrons. The Morgan fingerprint density at radius 2 is 1.95 bits per heavy atom. The van der Waals surface area contributed by atoms with Gasteiger partial charge in [0.2, 0.25) is 0 Å². The smallest absolute Gasteiger partial charge is 0.251 e. The van der Waals surface area contributed by atoms with E-state index in [0.717, 1.165) is 12.1 Å². The molecular weight excluding hydrogens is 274 g/mol. The van der Waals surface area contributed by atoms with E-state index >= 15 is 0 Å². The number of anilines is 1. The zero-order chi connectivity index (χ0) is 16.3. The van der Waals surface area contributed by atoms with Gasteiger partial charge in [0, 0.05) is 35.9 Å². The lowest BCUT2D eigenvalue weighted by Crippen LogP contribution is -2.43. The minimum atomic E-state index is -0.0621. The number of amides is 1. The van der Waals surface area contributed by atoms with Crippen molar-refractivity contribution in [1.82, 2.24) is 10.2 Å². The predicted octanol–water partition coefficient (Wildman–Crippen LogP) is 3.17. The third kappa shape index (κ3) is 4.01. The third-order valence-electron chi connectivity index (χ3n) is 4.56. The predicted molar refractivity (Wildman–Crippen MR) is 91.8 cm³/mol. The first-order chi connectivity index (χ1) is 10.4. The lowest BCUT2D eigenvalue weighted by molar-refractivity contribution is 0.0939. The number of hydrogen-bond donors (Lipinski definition) is 2. The van der Waals surface area contributed by atoms with Crippen LogP contribution in [0.1, 0.15) is 62.9 Å². The molecule has 1 fully saturated rings. The molecular formula is C18H29N3O. The maximum Gasteiger partial charge on any atom is 0.251 e. The number of hydrogen-bond acceptors (Lipinski definition) is 3. The highest BCUT2D eigenvalue weighted by atomic mass is 16.1. The molecule has 0 bridgehead atoms. The minimum Gasteiger partial charge on any atom is -0.398 e. The van der Waals surface area contributed by atoms with Crippen molar-refractivity contribution in [2.24, 2.45) is 0 Å².